The second kappa shape index (κ2) is 4.87. The van der Waals surface area contributed by atoms with E-state index in [4.69, 9.17) is 10.5 Å². The maximum Gasteiger partial charge on any atom is 0.0552 e. The van der Waals surface area contributed by atoms with Gasteiger partial charge in [-0.15, -0.1) is 0 Å². The summed E-state index contributed by atoms with van der Waals surface area (Å²) in [5.41, 5.74) is 6.42. The van der Waals surface area contributed by atoms with Crippen molar-refractivity contribution in [2.45, 2.75) is 33.6 Å². The summed E-state index contributed by atoms with van der Waals surface area (Å²) in [4.78, 5) is 2.51. The van der Waals surface area contributed by atoms with Gasteiger partial charge in [-0.1, -0.05) is 20.8 Å². The van der Waals surface area contributed by atoms with Gasteiger partial charge in [-0.05, 0) is 37.3 Å². The van der Waals surface area contributed by atoms with Gasteiger partial charge in [0.2, 0.25) is 0 Å². The van der Waals surface area contributed by atoms with Gasteiger partial charge in [0.05, 0.1) is 13.2 Å². The normalized spacial score (nSPS) is 26.8. The molecule has 2 saturated heterocycles. The molecule has 2 rings (SSSR count). The van der Waals surface area contributed by atoms with E-state index in [1.807, 2.05) is 0 Å². The van der Waals surface area contributed by atoms with Gasteiger partial charge in [0, 0.05) is 18.5 Å². The summed E-state index contributed by atoms with van der Waals surface area (Å²) in [5, 5.41) is 0. The highest BCUT2D eigenvalue weighted by molar-refractivity contribution is 5.01. The molecule has 2 heterocycles. The van der Waals surface area contributed by atoms with E-state index >= 15 is 0 Å². The highest BCUT2D eigenvalue weighted by Gasteiger charge is 2.53. The molecule has 2 aliphatic heterocycles. The van der Waals surface area contributed by atoms with Crippen molar-refractivity contribution in [3.63, 3.8) is 0 Å². The maximum absolute atomic E-state index is 5.62. The molecule has 2 fully saturated rings. The SMILES string of the molecule is CC(C)(C)C1(C2CCN(CCN)CC2)COC1. The Hall–Kier alpha value is -0.120. The predicted molar refractivity (Wildman–Crippen MR) is 70.9 cm³/mol. The van der Waals surface area contributed by atoms with E-state index in [0.29, 0.717) is 10.8 Å². The lowest BCUT2D eigenvalue weighted by Gasteiger charge is -2.57. The third kappa shape index (κ3) is 2.38. The number of nitrogens with zero attached hydrogens (tertiary/aromatic N) is 1. The van der Waals surface area contributed by atoms with Crippen LogP contribution in [-0.2, 0) is 4.74 Å². The average Bonchev–Trinajstić information content (AvgIpc) is 2.17. The molecule has 0 unspecified atom stereocenters. The van der Waals surface area contributed by atoms with E-state index in [9.17, 15) is 0 Å². The van der Waals surface area contributed by atoms with Gasteiger partial charge in [0.1, 0.15) is 0 Å². The van der Waals surface area contributed by atoms with Gasteiger partial charge in [0.15, 0.2) is 0 Å². The molecule has 0 atom stereocenters. The monoisotopic (exact) mass is 240 g/mol. The zero-order valence-corrected chi connectivity index (χ0v) is 11.7. The topological polar surface area (TPSA) is 38.5 Å². The lowest BCUT2D eigenvalue weighted by Crippen LogP contribution is -2.58. The van der Waals surface area contributed by atoms with Crippen LogP contribution in [0.4, 0.5) is 0 Å². The maximum atomic E-state index is 5.62. The van der Waals surface area contributed by atoms with E-state index < -0.39 is 0 Å². The molecule has 3 nitrogen and oxygen atoms in total. The molecule has 0 aromatic heterocycles. The van der Waals surface area contributed by atoms with E-state index in [1.54, 1.807) is 0 Å². The number of nitrogens with two attached hydrogens (primary N) is 1. The van der Waals surface area contributed by atoms with E-state index in [-0.39, 0.29) is 0 Å². The Bertz CT molecular complexity index is 247. The summed E-state index contributed by atoms with van der Waals surface area (Å²) in [5.74, 6) is 0.838. The number of rotatable bonds is 3. The molecule has 0 saturated carbocycles. The second-order valence-corrected chi connectivity index (χ2v) is 6.80. The van der Waals surface area contributed by atoms with Crippen LogP contribution >= 0.6 is 0 Å². The minimum atomic E-state index is 0.367. The summed E-state index contributed by atoms with van der Waals surface area (Å²) < 4.78 is 5.56. The fourth-order valence-electron chi connectivity index (χ4n) is 3.49. The lowest BCUT2D eigenvalue weighted by molar-refractivity contribution is -0.209. The fraction of sp³-hybridized carbons (Fsp3) is 1.00. The van der Waals surface area contributed by atoms with Crippen molar-refractivity contribution < 1.29 is 4.74 Å². The molecule has 0 bridgehead atoms. The molecule has 100 valence electrons. The quantitative estimate of drug-likeness (QED) is 0.816. The number of hydrogen-bond donors (Lipinski definition) is 1. The van der Waals surface area contributed by atoms with E-state index in [1.165, 1.54) is 25.9 Å². The molecule has 0 aromatic rings. The van der Waals surface area contributed by atoms with Crippen LogP contribution < -0.4 is 5.73 Å². The Morgan fingerprint density at radius 3 is 2.18 bits per heavy atom. The highest BCUT2D eigenvalue weighted by Crippen LogP contribution is 2.53. The summed E-state index contributed by atoms with van der Waals surface area (Å²) >= 11 is 0. The first kappa shape index (κ1) is 13.3. The van der Waals surface area contributed by atoms with Crippen molar-refractivity contribution >= 4 is 0 Å². The minimum Gasteiger partial charge on any atom is -0.380 e. The van der Waals surface area contributed by atoms with E-state index in [0.717, 1.165) is 32.2 Å². The average molecular weight is 240 g/mol. The van der Waals surface area contributed by atoms with Crippen molar-refractivity contribution in [3.05, 3.63) is 0 Å². The Morgan fingerprint density at radius 2 is 1.82 bits per heavy atom. The minimum absolute atomic E-state index is 0.367. The van der Waals surface area contributed by atoms with Crippen LogP contribution in [0.2, 0.25) is 0 Å². The van der Waals surface area contributed by atoms with Crippen LogP contribution in [0, 0.1) is 16.7 Å². The third-order valence-electron chi connectivity index (χ3n) is 5.03. The first-order valence-electron chi connectivity index (χ1n) is 7.00. The first-order chi connectivity index (χ1) is 7.99. The molecular weight excluding hydrogens is 212 g/mol. The van der Waals surface area contributed by atoms with E-state index in [2.05, 4.69) is 25.7 Å². The first-order valence-corrected chi connectivity index (χ1v) is 7.00. The Balaban J connectivity index is 1.95. The van der Waals surface area contributed by atoms with Gasteiger partial charge in [-0.2, -0.15) is 0 Å². The zero-order valence-electron chi connectivity index (χ0n) is 11.7. The van der Waals surface area contributed by atoms with Crippen molar-refractivity contribution in [3.8, 4) is 0 Å². The van der Waals surface area contributed by atoms with Crippen LogP contribution in [0.5, 0.6) is 0 Å². The molecular formula is C14H28N2O. The van der Waals surface area contributed by atoms with Crippen LogP contribution in [0.1, 0.15) is 33.6 Å². The van der Waals surface area contributed by atoms with Crippen LogP contribution in [-0.4, -0.2) is 44.3 Å². The number of hydrogen-bond acceptors (Lipinski definition) is 3. The lowest BCUT2D eigenvalue weighted by atomic mass is 9.56. The van der Waals surface area contributed by atoms with Crippen molar-refractivity contribution in [1.29, 1.82) is 0 Å². The zero-order chi connectivity index (χ0) is 12.5. The predicted octanol–water partition coefficient (Wildman–Crippen LogP) is 1.72. The molecule has 2 N–H and O–H groups in total. The van der Waals surface area contributed by atoms with Crippen LogP contribution in [0.25, 0.3) is 0 Å². The molecule has 3 heteroatoms. The van der Waals surface area contributed by atoms with Gasteiger partial charge >= 0.3 is 0 Å². The van der Waals surface area contributed by atoms with Gasteiger partial charge < -0.3 is 15.4 Å². The van der Waals surface area contributed by atoms with Crippen LogP contribution in [0.3, 0.4) is 0 Å². The van der Waals surface area contributed by atoms with Crippen molar-refractivity contribution in [1.82, 2.24) is 4.90 Å². The summed E-state index contributed by atoms with van der Waals surface area (Å²) in [6.45, 7) is 13.4. The molecule has 2 aliphatic rings. The Kier molecular flexibility index (Phi) is 3.81. The Morgan fingerprint density at radius 1 is 1.24 bits per heavy atom. The summed E-state index contributed by atoms with van der Waals surface area (Å²) in [7, 11) is 0. The molecule has 0 aliphatic carbocycles. The van der Waals surface area contributed by atoms with Crippen molar-refractivity contribution in [2.75, 3.05) is 39.4 Å². The van der Waals surface area contributed by atoms with Gasteiger partial charge in [-0.3, -0.25) is 0 Å². The summed E-state index contributed by atoms with van der Waals surface area (Å²) in [6, 6.07) is 0. The molecule has 0 aromatic carbocycles. The highest BCUT2D eigenvalue weighted by atomic mass is 16.5. The third-order valence-corrected chi connectivity index (χ3v) is 5.03. The number of ether oxygens (including phenoxy) is 1. The molecule has 17 heavy (non-hydrogen) atoms. The van der Waals surface area contributed by atoms with Gasteiger partial charge in [0.25, 0.3) is 0 Å². The van der Waals surface area contributed by atoms with Gasteiger partial charge in [-0.25, -0.2) is 0 Å². The molecule has 0 spiro atoms. The summed E-state index contributed by atoms with van der Waals surface area (Å²) in [6.07, 6.45) is 2.64. The van der Waals surface area contributed by atoms with Crippen LogP contribution in [0.15, 0.2) is 0 Å². The Labute approximate surface area is 106 Å². The standard InChI is InChI=1S/C14H28N2O/c1-13(2,3)14(10-17-11-14)12-4-7-16(8-5-12)9-6-15/h12H,4-11,15H2,1-3H3. The fourth-order valence-corrected chi connectivity index (χ4v) is 3.49. The van der Waals surface area contributed by atoms with Crippen molar-refractivity contribution in [2.24, 2.45) is 22.5 Å². The molecule has 0 radical (unpaired) electrons. The number of piperidine rings is 1. The number of likely N-dealkylation sites (tertiary alicyclic amines) is 1. The second-order valence-electron chi connectivity index (χ2n) is 6.80. The largest absolute Gasteiger partial charge is 0.380 e. The smallest absolute Gasteiger partial charge is 0.0552 e. The molecule has 0 amide bonds.